The Morgan fingerprint density at radius 3 is 2.54 bits per heavy atom. The Balaban J connectivity index is 1.53. The van der Waals surface area contributed by atoms with Gasteiger partial charge in [-0.15, -0.1) is 0 Å². The van der Waals surface area contributed by atoms with Gasteiger partial charge in [-0.1, -0.05) is 12.1 Å². The normalized spacial score (nSPS) is 29.9. The number of carbonyl (C=O) groups is 2. The van der Waals surface area contributed by atoms with Crippen LogP contribution in [0.2, 0.25) is 0 Å². The van der Waals surface area contributed by atoms with E-state index >= 15 is 0 Å². The third-order valence-corrected chi connectivity index (χ3v) is 8.65. The van der Waals surface area contributed by atoms with Gasteiger partial charge < -0.3 is 16.0 Å². The number of sulfone groups is 2. The quantitative estimate of drug-likeness (QED) is 0.564. The lowest BCUT2D eigenvalue weighted by molar-refractivity contribution is 0.248. The maximum Gasteiger partial charge on any atom is 0.322 e. The number of benzene rings is 1. The van der Waals surface area contributed by atoms with Crippen LogP contribution in [0.1, 0.15) is 6.42 Å². The zero-order valence-electron chi connectivity index (χ0n) is 14.8. The lowest BCUT2D eigenvalue weighted by atomic mass is 10.1. The molecule has 3 aliphatic rings. The Kier molecular flexibility index (Phi) is 4.49. The average Bonchev–Trinajstić information content (AvgIpc) is 3.16. The van der Waals surface area contributed by atoms with Gasteiger partial charge in [0.2, 0.25) is 0 Å². The molecule has 0 aliphatic carbocycles. The standard InChI is InChI=1S/C16H20N4O6S2/c21-15(17-10-5-6-27(23,24)7-10)18-11-3-1-2-4-13(11)20-14-9-28(25,26)8-12(14)19-16(20)22/h1-4,10,12,14H,5-9H2,(H,19,22)(H2,17,18,21)/t10-,12-,14+/m1/s1. The van der Waals surface area contributed by atoms with E-state index in [4.69, 9.17) is 0 Å². The molecule has 0 bridgehead atoms. The summed E-state index contributed by atoms with van der Waals surface area (Å²) >= 11 is 0. The number of nitrogens with one attached hydrogen (secondary N) is 3. The summed E-state index contributed by atoms with van der Waals surface area (Å²) in [4.78, 5) is 26.1. The third kappa shape index (κ3) is 3.65. The van der Waals surface area contributed by atoms with Crippen molar-refractivity contribution in [3.63, 3.8) is 0 Å². The zero-order valence-corrected chi connectivity index (χ0v) is 16.4. The molecule has 1 aromatic carbocycles. The van der Waals surface area contributed by atoms with Crippen LogP contribution >= 0.6 is 0 Å². The van der Waals surface area contributed by atoms with Gasteiger partial charge in [0.1, 0.15) is 0 Å². The summed E-state index contributed by atoms with van der Waals surface area (Å²) in [6.07, 6.45) is 0.355. The first-order chi connectivity index (χ1) is 13.1. The highest BCUT2D eigenvalue weighted by atomic mass is 32.2. The van der Waals surface area contributed by atoms with Crippen molar-refractivity contribution < 1.29 is 26.4 Å². The molecular formula is C16H20N4O6S2. The minimum atomic E-state index is -3.25. The minimum Gasteiger partial charge on any atom is -0.334 e. The predicted molar refractivity (Wildman–Crippen MR) is 103 cm³/mol. The number of para-hydroxylation sites is 2. The highest BCUT2D eigenvalue weighted by molar-refractivity contribution is 7.92. The molecule has 0 spiro atoms. The highest BCUT2D eigenvalue weighted by Crippen LogP contribution is 2.34. The second-order valence-electron chi connectivity index (χ2n) is 7.29. The predicted octanol–water partition coefficient (Wildman–Crippen LogP) is -0.310. The van der Waals surface area contributed by atoms with Gasteiger partial charge >= 0.3 is 12.1 Å². The third-order valence-electron chi connectivity index (χ3n) is 5.16. The van der Waals surface area contributed by atoms with Crippen molar-refractivity contribution in [1.29, 1.82) is 0 Å². The van der Waals surface area contributed by atoms with E-state index < -0.39 is 49.9 Å². The van der Waals surface area contributed by atoms with Crippen LogP contribution < -0.4 is 20.9 Å². The van der Waals surface area contributed by atoms with Crippen molar-refractivity contribution in [3.05, 3.63) is 24.3 Å². The van der Waals surface area contributed by atoms with Crippen LogP contribution in [0.15, 0.2) is 24.3 Å². The second kappa shape index (κ2) is 6.62. The van der Waals surface area contributed by atoms with Crippen molar-refractivity contribution >= 4 is 43.1 Å². The smallest absolute Gasteiger partial charge is 0.322 e. The maximum atomic E-state index is 12.4. The van der Waals surface area contributed by atoms with Gasteiger partial charge in [0.05, 0.1) is 46.5 Å². The second-order valence-corrected chi connectivity index (χ2v) is 11.7. The molecule has 0 saturated carbocycles. The molecule has 152 valence electrons. The van der Waals surface area contributed by atoms with Crippen LogP contribution in [0.25, 0.3) is 0 Å². The van der Waals surface area contributed by atoms with Crippen LogP contribution in [0.3, 0.4) is 0 Å². The van der Waals surface area contributed by atoms with Gasteiger partial charge in [-0.25, -0.2) is 26.4 Å². The number of rotatable bonds is 3. The number of hydrogen-bond donors (Lipinski definition) is 3. The molecule has 12 heteroatoms. The van der Waals surface area contributed by atoms with Crippen LogP contribution in [0, 0.1) is 0 Å². The summed E-state index contributed by atoms with van der Waals surface area (Å²) in [5.41, 5.74) is 0.722. The SMILES string of the molecule is O=C(Nc1ccccc1N1C(=O)N[C@@H]2CS(=O)(=O)C[C@@H]21)N[C@@H]1CCS(=O)(=O)C1. The highest BCUT2D eigenvalue weighted by Gasteiger charge is 2.49. The van der Waals surface area contributed by atoms with E-state index in [0.29, 0.717) is 17.8 Å². The van der Waals surface area contributed by atoms with E-state index in [1.807, 2.05) is 0 Å². The molecule has 4 amide bonds. The monoisotopic (exact) mass is 428 g/mol. The lowest BCUT2D eigenvalue weighted by Crippen LogP contribution is -2.40. The molecular weight excluding hydrogens is 408 g/mol. The Bertz CT molecular complexity index is 1040. The zero-order chi connectivity index (χ0) is 20.1. The van der Waals surface area contributed by atoms with E-state index in [1.165, 1.54) is 4.90 Å². The molecule has 3 fully saturated rings. The van der Waals surface area contributed by atoms with Gasteiger partial charge in [-0.05, 0) is 18.6 Å². The molecule has 1 aromatic rings. The largest absolute Gasteiger partial charge is 0.334 e. The summed E-state index contributed by atoms with van der Waals surface area (Å²) in [6.45, 7) is 0. The lowest BCUT2D eigenvalue weighted by Gasteiger charge is -2.24. The van der Waals surface area contributed by atoms with Crippen LogP contribution in [0.5, 0.6) is 0 Å². The molecule has 3 N–H and O–H groups in total. The first-order valence-corrected chi connectivity index (χ1v) is 12.4. The molecule has 0 radical (unpaired) electrons. The van der Waals surface area contributed by atoms with Crippen molar-refractivity contribution in [3.8, 4) is 0 Å². The number of anilines is 2. The summed E-state index contributed by atoms with van der Waals surface area (Å²) < 4.78 is 46.9. The molecule has 10 nitrogen and oxygen atoms in total. The number of amides is 4. The van der Waals surface area contributed by atoms with E-state index in [0.717, 1.165) is 0 Å². The number of fused-ring (bicyclic) bond motifs is 1. The van der Waals surface area contributed by atoms with Crippen molar-refractivity contribution in [2.45, 2.75) is 24.5 Å². The molecule has 3 heterocycles. The van der Waals surface area contributed by atoms with Crippen molar-refractivity contribution in [1.82, 2.24) is 10.6 Å². The fraction of sp³-hybridized carbons (Fsp3) is 0.500. The summed E-state index contributed by atoms with van der Waals surface area (Å²) in [5, 5.41) is 7.96. The molecule has 3 aliphatic heterocycles. The summed E-state index contributed by atoms with van der Waals surface area (Å²) in [5.74, 6) is -0.304. The van der Waals surface area contributed by atoms with E-state index in [9.17, 15) is 26.4 Å². The van der Waals surface area contributed by atoms with Gasteiger partial charge in [0, 0.05) is 6.04 Å². The maximum absolute atomic E-state index is 12.4. The van der Waals surface area contributed by atoms with Gasteiger partial charge in [0.25, 0.3) is 0 Å². The first kappa shape index (κ1) is 19.0. The molecule has 0 aromatic heterocycles. The molecule has 3 saturated heterocycles. The van der Waals surface area contributed by atoms with Crippen LogP contribution in [0.4, 0.5) is 21.0 Å². The molecule has 4 rings (SSSR count). The first-order valence-electron chi connectivity index (χ1n) is 8.81. The van der Waals surface area contributed by atoms with Crippen LogP contribution in [-0.4, -0.2) is 70.0 Å². The molecule has 3 atom stereocenters. The average molecular weight is 428 g/mol. The molecule has 28 heavy (non-hydrogen) atoms. The minimum absolute atomic E-state index is 0.0417. The van der Waals surface area contributed by atoms with Gasteiger partial charge in [-0.2, -0.15) is 0 Å². The molecule has 0 unspecified atom stereocenters. The summed E-state index contributed by atoms with van der Waals surface area (Å²) in [6, 6.07) is 4.11. The summed E-state index contributed by atoms with van der Waals surface area (Å²) in [7, 11) is -6.37. The van der Waals surface area contributed by atoms with Crippen molar-refractivity contribution in [2.24, 2.45) is 0 Å². The van der Waals surface area contributed by atoms with Gasteiger partial charge in [0.15, 0.2) is 19.7 Å². The number of carbonyl (C=O) groups excluding carboxylic acids is 2. The fourth-order valence-electron chi connectivity index (χ4n) is 3.93. The van der Waals surface area contributed by atoms with E-state index in [-0.39, 0.29) is 23.0 Å². The number of urea groups is 2. The Morgan fingerprint density at radius 2 is 1.82 bits per heavy atom. The Hall–Kier alpha value is -2.34. The topological polar surface area (TPSA) is 142 Å². The Labute approximate surface area is 162 Å². The number of nitrogens with zero attached hydrogens (tertiary/aromatic N) is 1. The fourth-order valence-corrected chi connectivity index (χ4v) is 7.49. The number of hydrogen-bond acceptors (Lipinski definition) is 6. The van der Waals surface area contributed by atoms with E-state index in [1.54, 1.807) is 24.3 Å². The van der Waals surface area contributed by atoms with Crippen molar-refractivity contribution in [2.75, 3.05) is 33.2 Å². The van der Waals surface area contributed by atoms with Crippen LogP contribution in [-0.2, 0) is 19.7 Å². The Morgan fingerprint density at radius 1 is 1.07 bits per heavy atom. The van der Waals surface area contributed by atoms with E-state index in [2.05, 4.69) is 16.0 Å². The van der Waals surface area contributed by atoms with Gasteiger partial charge in [-0.3, -0.25) is 4.90 Å².